The van der Waals surface area contributed by atoms with Gasteiger partial charge in [0.05, 0.1) is 0 Å². The summed E-state index contributed by atoms with van der Waals surface area (Å²) >= 11 is 0. The lowest BCUT2D eigenvalue weighted by molar-refractivity contribution is 0.159. The van der Waals surface area contributed by atoms with Crippen molar-refractivity contribution < 1.29 is 9.47 Å². The summed E-state index contributed by atoms with van der Waals surface area (Å²) in [5, 5.41) is 0. The SMILES string of the molecule is C[C@@H]1[C@@H](c2ccc3c(c2)OCO3)c2ccccc2CN1Cc1ccccc1. The van der Waals surface area contributed by atoms with E-state index in [1.807, 2.05) is 6.07 Å². The summed E-state index contributed by atoms with van der Waals surface area (Å²) in [4.78, 5) is 2.58. The summed E-state index contributed by atoms with van der Waals surface area (Å²) in [6.07, 6.45) is 0. The smallest absolute Gasteiger partial charge is 0.231 e. The number of hydrogen-bond acceptors (Lipinski definition) is 3. The van der Waals surface area contributed by atoms with Crippen LogP contribution in [0.4, 0.5) is 0 Å². The number of ether oxygens (including phenoxy) is 2. The van der Waals surface area contributed by atoms with Crippen molar-refractivity contribution in [2.75, 3.05) is 6.79 Å². The lowest BCUT2D eigenvalue weighted by Gasteiger charge is -2.41. The molecule has 3 aromatic carbocycles. The van der Waals surface area contributed by atoms with Crippen LogP contribution in [0, 0.1) is 0 Å². The van der Waals surface area contributed by atoms with Crippen LogP contribution in [0.1, 0.15) is 35.1 Å². The van der Waals surface area contributed by atoms with Crippen molar-refractivity contribution in [2.45, 2.75) is 32.0 Å². The molecule has 0 bridgehead atoms. The molecule has 3 nitrogen and oxygen atoms in total. The second kappa shape index (κ2) is 6.75. The fraction of sp³-hybridized carbons (Fsp3) is 0.250. The fourth-order valence-corrected chi connectivity index (χ4v) is 4.40. The average molecular weight is 357 g/mol. The van der Waals surface area contributed by atoms with Crippen molar-refractivity contribution in [2.24, 2.45) is 0 Å². The molecule has 0 saturated heterocycles. The maximum atomic E-state index is 5.64. The minimum Gasteiger partial charge on any atom is -0.454 e. The molecule has 5 rings (SSSR count). The van der Waals surface area contributed by atoms with Gasteiger partial charge in [0.1, 0.15) is 0 Å². The highest BCUT2D eigenvalue weighted by atomic mass is 16.7. The first-order chi connectivity index (χ1) is 13.3. The molecule has 136 valence electrons. The first-order valence-electron chi connectivity index (χ1n) is 9.55. The lowest BCUT2D eigenvalue weighted by atomic mass is 9.79. The second-order valence-corrected chi connectivity index (χ2v) is 7.42. The highest BCUT2D eigenvalue weighted by molar-refractivity contribution is 5.49. The number of fused-ring (bicyclic) bond motifs is 2. The van der Waals surface area contributed by atoms with Crippen molar-refractivity contribution in [3.63, 3.8) is 0 Å². The van der Waals surface area contributed by atoms with Gasteiger partial charge in [0.2, 0.25) is 6.79 Å². The largest absolute Gasteiger partial charge is 0.454 e. The van der Waals surface area contributed by atoms with Crippen LogP contribution in [0.25, 0.3) is 0 Å². The van der Waals surface area contributed by atoms with Crippen LogP contribution in [0.15, 0.2) is 72.8 Å². The van der Waals surface area contributed by atoms with Gasteiger partial charge in [0, 0.05) is 25.0 Å². The minimum absolute atomic E-state index is 0.313. The number of benzene rings is 3. The Bertz CT molecular complexity index is 954. The van der Waals surface area contributed by atoms with Gasteiger partial charge in [-0.15, -0.1) is 0 Å². The number of hydrogen-bond donors (Lipinski definition) is 0. The molecule has 0 N–H and O–H groups in total. The molecule has 27 heavy (non-hydrogen) atoms. The topological polar surface area (TPSA) is 21.7 Å². The van der Waals surface area contributed by atoms with Gasteiger partial charge in [0.25, 0.3) is 0 Å². The van der Waals surface area contributed by atoms with Crippen molar-refractivity contribution in [1.82, 2.24) is 4.90 Å². The van der Waals surface area contributed by atoms with Gasteiger partial charge in [-0.3, -0.25) is 4.90 Å². The molecule has 2 atom stereocenters. The van der Waals surface area contributed by atoms with E-state index in [1.165, 1.54) is 22.3 Å². The van der Waals surface area contributed by atoms with Crippen molar-refractivity contribution in [3.05, 3.63) is 95.1 Å². The van der Waals surface area contributed by atoms with Crippen LogP contribution >= 0.6 is 0 Å². The zero-order chi connectivity index (χ0) is 18.2. The Morgan fingerprint density at radius 1 is 0.889 bits per heavy atom. The molecule has 0 unspecified atom stereocenters. The molecule has 2 aliphatic rings. The highest BCUT2D eigenvalue weighted by Gasteiger charge is 2.33. The van der Waals surface area contributed by atoms with Crippen LogP contribution < -0.4 is 9.47 Å². The molecule has 2 aliphatic heterocycles. The maximum absolute atomic E-state index is 5.64. The van der Waals surface area contributed by atoms with E-state index in [9.17, 15) is 0 Å². The van der Waals surface area contributed by atoms with Gasteiger partial charge in [-0.1, -0.05) is 60.7 Å². The summed E-state index contributed by atoms with van der Waals surface area (Å²) in [5.41, 5.74) is 5.48. The first-order valence-corrected chi connectivity index (χ1v) is 9.55. The van der Waals surface area contributed by atoms with Crippen molar-refractivity contribution >= 4 is 0 Å². The maximum Gasteiger partial charge on any atom is 0.231 e. The average Bonchev–Trinajstić information content (AvgIpc) is 3.17. The molecule has 0 fully saturated rings. The van der Waals surface area contributed by atoms with Gasteiger partial charge >= 0.3 is 0 Å². The summed E-state index contributed by atoms with van der Waals surface area (Å²) < 4.78 is 11.1. The Labute approximate surface area is 160 Å². The molecule has 0 aliphatic carbocycles. The van der Waals surface area contributed by atoms with E-state index in [0.717, 1.165) is 24.6 Å². The van der Waals surface area contributed by atoms with E-state index in [1.54, 1.807) is 0 Å². The van der Waals surface area contributed by atoms with E-state index >= 15 is 0 Å². The molecular formula is C24H23NO2. The van der Waals surface area contributed by atoms with E-state index in [-0.39, 0.29) is 0 Å². The summed E-state index contributed by atoms with van der Waals surface area (Å²) in [7, 11) is 0. The minimum atomic E-state index is 0.313. The molecule has 2 heterocycles. The van der Waals surface area contributed by atoms with E-state index in [2.05, 4.69) is 78.6 Å². The van der Waals surface area contributed by atoms with E-state index < -0.39 is 0 Å². The molecular weight excluding hydrogens is 334 g/mol. The van der Waals surface area contributed by atoms with Gasteiger partial charge < -0.3 is 9.47 Å². The molecule has 0 saturated carbocycles. The van der Waals surface area contributed by atoms with Gasteiger partial charge in [-0.25, -0.2) is 0 Å². The quantitative estimate of drug-likeness (QED) is 0.662. The van der Waals surface area contributed by atoms with Gasteiger partial charge in [0.15, 0.2) is 11.5 Å². The molecule has 3 aromatic rings. The predicted molar refractivity (Wildman–Crippen MR) is 106 cm³/mol. The van der Waals surface area contributed by atoms with Crippen LogP contribution in [-0.4, -0.2) is 17.7 Å². The molecule has 0 spiro atoms. The molecule has 0 aromatic heterocycles. The number of rotatable bonds is 3. The van der Waals surface area contributed by atoms with Crippen LogP contribution in [0.5, 0.6) is 11.5 Å². The van der Waals surface area contributed by atoms with Crippen molar-refractivity contribution in [3.8, 4) is 11.5 Å². The third-order valence-electron chi connectivity index (χ3n) is 5.81. The Kier molecular flexibility index (Phi) is 4.10. The van der Waals surface area contributed by atoms with Crippen LogP contribution in [0.2, 0.25) is 0 Å². The summed E-state index contributed by atoms with van der Waals surface area (Å²) in [6.45, 7) is 4.59. The molecule has 0 radical (unpaired) electrons. The van der Waals surface area contributed by atoms with E-state index in [0.29, 0.717) is 18.8 Å². The Hall–Kier alpha value is -2.78. The third kappa shape index (κ3) is 2.98. The fourth-order valence-electron chi connectivity index (χ4n) is 4.40. The third-order valence-corrected chi connectivity index (χ3v) is 5.81. The highest BCUT2D eigenvalue weighted by Crippen LogP contribution is 2.42. The predicted octanol–water partition coefficient (Wildman–Crippen LogP) is 4.95. The second-order valence-electron chi connectivity index (χ2n) is 7.42. The first kappa shape index (κ1) is 16.4. The Morgan fingerprint density at radius 2 is 1.67 bits per heavy atom. The van der Waals surface area contributed by atoms with Crippen LogP contribution in [0.3, 0.4) is 0 Å². The van der Waals surface area contributed by atoms with Crippen LogP contribution in [-0.2, 0) is 13.1 Å². The van der Waals surface area contributed by atoms with E-state index in [4.69, 9.17) is 9.47 Å². The standard InChI is InChI=1S/C24H23NO2/c1-17-24(19-11-12-22-23(13-19)27-16-26-22)21-10-6-5-9-20(21)15-25(17)14-18-7-3-2-4-8-18/h2-13,17,24H,14-16H2,1H3/t17-,24+/m1/s1. The molecule has 3 heteroatoms. The van der Waals surface area contributed by atoms with Gasteiger partial charge in [-0.2, -0.15) is 0 Å². The zero-order valence-electron chi connectivity index (χ0n) is 15.5. The zero-order valence-corrected chi connectivity index (χ0v) is 15.5. The molecule has 0 amide bonds. The van der Waals surface area contributed by atoms with Gasteiger partial charge in [-0.05, 0) is 41.3 Å². The normalized spacial score (nSPS) is 21.1. The van der Waals surface area contributed by atoms with Crippen molar-refractivity contribution in [1.29, 1.82) is 0 Å². The Balaban J connectivity index is 1.54. The lowest BCUT2D eigenvalue weighted by Crippen LogP contribution is -2.41. The Morgan fingerprint density at radius 3 is 2.56 bits per heavy atom. The summed E-state index contributed by atoms with van der Waals surface area (Å²) in [5.74, 6) is 2.02. The monoisotopic (exact) mass is 357 g/mol. The number of nitrogens with zero attached hydrogens (tertiary/aromatic N) is 1. The summed E-state index contributed by atoms with van der Waals surface area (Å²) in [6, 6.07) is 26.4.